The van der Waals surface area contributed by atoms with Crippen LogP contribution in [0.3, 0.4) is 0 Å². The molecule has 0 spiro atoms. The van der Waals surface area contributed by atoms with Crippen LogP contribution in [0.1, 0.15) is 17.5 Å². The Morgan fingerprint density at radius 1 is 1.08 bits per heavy atom. The lowest BCUT2D eigenvalue weighted by Crippen LogP contribution is -2.34. The number of hydrogen-bond acceptors (Lipinski definition) is 3. The van der Waals surface area contributed by atoms with Gasteiger partial charge in [0.2, 0.25) is 15.9 Å². The van der Waals surface area contributed by atoms with Gasteiger partial charge in [-0.3, -0.25) is 9.10 Å². The van der Waals surface area contributed by atoms with Crippen LogP contribution in [0.15, 0.2) is 54.6 Å². The van der Waals surface area contributed by atoms with Crippen LogP contribution in [0.2, 0.25) is 0 Å². The first-order chi connectivity index (χ1) is 11.4. The van der Waals surface area contributed by atoms with Crippen molar-refractivity contribution in [2.75, 3.05) is 17.1 Å². The molecule has 0 unspecified atom stereocenters. The SMILES string of the molecule is Cc1cccc(CNC(=O)CCN(c2ccccc2)S(C)(=O)=O)c1. The molecule has 0 saturated carbocycles. The second-order valence-electron chi connectivity index (χ2n) is 5.69. The molecule has 6 heteroatoms. The van der Waals surface area contributed by atoms with Crippen molar-refractivity contribution >= 4 is 21.6 Å². The maximum atomic E-state index is 12.0. The molecule has 1 N–H and O–H groups in total. The number of amides is 1. The van der Waals surface area contributed by atoms with E-state index in [0.29, 0.717) is 12.2 Å². The van der Waals surface area contributed by atoms with Crippen LogP contribution in [0.4, 0.5) is 5.69 Å². The minimum Gasteiger partial charge on any atom is -0.352 e. The average molecular weight is 346 g/mol. The molecule has 128 valence electrons. The van der Waals surface area contributed by atoms with Gasteiger partial charge in [-0.2, -0.15) is 0 Å². The molecule has 0 bridgehead atoms. The van der Waals surface area contributed by atoms with Crippen molar-refractivity contribution in [2.45, 2.75) is 19.9 Å². The highest BCUT2D eigenvalue weighted by molar-refractivity contribution is 7.92. The van der Waals surface area contributed by atoms with Gasteiger partial charge in [-0.05, 0) is 24.6 Å². The molecule has 0 fully saturated rings. The lowest BCUT2D eigenvalue weighted by atomic mass is 10.1. The van der Waals surface area contributed by atoms with Crippen LogP contribution < -0.4 is 9.62 Å². The molecular weight excluding hydrogens is 324 g/mol. The molecule has 0 heterocycles. The lowest BCUT2D eigenvalue weighted by molar-refractivity contribution is -0.121. The topological polar surface area (TPSA) is 66.5 Å². The van der Waals surface area contributed by atoms with Gasteiger partial charge in [0, 0.05) is 19.5 Å². The van der Waals surface area contributed by atoms with Crippen molar-refractivity contribution < 1.29 is 13.2 Å². The zero-order valence-electron chi connectivity index (χ0n) is 13.9. The number of hydrogen-bond donors (Lipinski definition) is 1. The van der Waals surface area contributed by atoms with E-state index in [2.05, 4.69) is 5.32 Å². The molecular formula is C18H22N2O3S. The molecule has 0 saturated heterocycles. The molecule has 2 aromatic rings. The summed E-state index contributed by atoms with van der Waals surface area (Å²) in [5.41, 5.74) is 2.71. The van der Waals surface area contributed by atoms with Gasteiger partial charge in [0.25, 0.3) is 0 Å². The summed E-state index contributed by atoms with van der Waals surface area (Å²) in [6.45, 7) is 2.54. The summed E-state index contributed by atoms with van der Waals surface area (Å²) in [6, 6.07) is 16.7. The smallest absolute Gasteiger partial charge is 0.232 e. The van der Waals surface area contributed by atoms with Crippen LogP contribution in [0.25, 0.3) is 0 Å². The Morgan fingerprint density at radius 2 is 1.79 bits per heavy atom. The van der Waals surface area contributed by atoms with Gasteiger partial charge in [-0.25, -0.2) is 8.42 Å². The molecule has 0 aromatic heterocycles. The first kappa shape index (κ1) is 18.0. The third kappa shape index (κ3) is 5.38. The van der Waals surface area contributed by atoms with E-state index in [0.717, 1.165) is 17.4 Å². The van der Waals surface area contributed by atoms with E-state index in [1.54, 1.807) is 24.3 Å². The Kier molecular flexibility index (Phi) is 5.98. The van der Waals surface area contributed by atoms with E-state index < -0.39 is 10.0 Å². The number of rotatable bonds is 7. The van der Waals surface area contributed by atoms with Gasteiger partial charge in [-0.15, -0.1) is 0 Å². The summed E-state index contributed by atoms with van der Waals surface area (Å²) >= 11 is 0. The van der Waals surface area contributed by atoms with E-state index in [1.807, 2.05) is 37.3 Å². The van der Waals surface area contributed by atoms with Crippen LogP contribution in [-0.2, 0) is 21.4 Å². The van der Waals surface area contributed by atoms with E-state index in [9.17, 15) is 13.2 Å². The first-order valence-electron chi connectivity index (χ1n) is 7.71. The van der Waals surface area contributed by atoms with Gasteiger partial charge in [0.15, 0.2) is 0 Å². The Morgan fingerprint density at radius 3 is 2.42 bits per heavy atom. The Balaban J connectivity index is 1.93. The van der Waals surface area contributed by atoms with E-state index in [-0.39, 0.29) is 18.9 Å². The molecule has 2 aromatic carbocycles. The van der Waals surface area contributed by atoms with Crippen molar-refractivity contribution in [3.63, 3.8) is 0 Å². The molecule has 1 amide bonds. The van der Waals surface area contributed by atoms with Crippen LogP contribution in [-0.4, -0.2) is 27.1 Å². The Hall–Kier alpha value is -2.34. The Labute approximate surface area is 143 Å². The number of anilines is 1. The van der Waals surface area contributed by atoms with Gasteiger partial charge >= 0.3 is 0 Å². The van der Waals surface area contributed by atoms with Gasteiger partial charge < -0.3 is 5.32 Å². The van der Waals surface area contributed by atoms with E-state index in [1.165, 1.54) is 4.31 Å². The number of carbonyl (C=O) groups excluding carboxylic acids is 1. The zero-order valence-corrected chi connectivity index (χ0v) is 14.7. The molecule has 5 nitrogen and oxygen atoms in total. The second kappa shape index (κ2) is 7.97. The molecule has 0 aliphatic heterocycles. The maximum absolute atomic E-state index is 12.0. The third-order valence-electron chi connectivity index (χ3n) is 3.56. The van der Waals surface area contributed by atoms with Crippen molar-refractivity contribution in [1.29, 1.82) is 0 Å². The summed E-state index contributed by atoms with van der Waals surface area (Å²) < 4.78 is 25.2. The number of para-hydroxylation sites is 1. The summed E-state index contributed by atoms with van der Waals surface area (Å²) in [5, 5.41) is 2.82. The van der Waals surface area contributed by atoms with Gasteiger partial charge in [0.05, 0.1) is 11.9 Å². The standard InChI is InChI=1S/C18H22N2O3S/c1-15-7-6-8-16(13-15)14-19-18(21)11-12-20(24(2,22)23)17-9-4-3-5-10-17/h3-10,13H,11-12,14H2,1-2H3,(H,19,21). The number of carbonyl (C=O) groups is 1. The van der Waals surface area contributed by atoms with E-state index >= 15 is 0 Å². The molecule has 0 aliphatic carbocycles. The normalized spacial score (nSPS) is 11.1. The lowest BCUT2D eigenvalue weighted by Gasteiger charge is -2.22. The fourth-order valence-corrected chi connectivity index (χ4v) is 3.32. The molecule has 2 rings (SSSR count). The van der Waals surface area contributed by atoms with Crippen molar-refractivity contribution in [2.24, 2.45) is 0 Å². The zero-order chi connectivity index (χ0) is 17.6. The first-order valence-corrected chi connectivity index (χ1v) is 9.56. The summed E-state index contributed by atoms with van der Waals surface area (Å²) in [5.74, 6) is -0.180. The fourth-order valence-electron chi connectivity index (χ4n) is 2.39. The van der Waals surface area contributed by atoms with Crippen molar-refractivity contribution in [3.8, 4) is 0 Å². The van der Waals surface area contributed by atoms with Crippen LogP contribution >= 0.6 is 0 Å². The predicted molar refractivity (Wildman–Crippen MR) is 96.3 cm³/mol. The van der Waals surface area contributed by atoms with E-state index in [4.69, 9.17) is 0 Å². The fraction of sp³-hybridized carbons (Fsp3) is 0.278. The molecule has 0 atom stereocenters. The Bertz CT molecular complexity index is 789. The molecule has 24 heavy (non-hydrogen) atoms. The number of benzene rings is 2. The number of nitrogens with zero attached hydrogens (tertiary/aromatic N) is 1. The minimum atomic E-state index is -3.43. The van der Waals surface area contributed by atoms with Gasteiger partial charge in [-0.1, -0.05) is 48.0 Å². The molecule has 0 radical (unpaired) electrons. The minimum absolute atomic E-state index is 0.105. The number of nitrogens with one attached hydrogen (secondary N) is 1. The second-order valence-corrected chi connectivity index (χ2v) is 7.59. The molecule has 0 aliphatic rings. The van der Waals surface area contributed by atoms with Crippen LogP contribution in [0.5, 0.6) is 0 Å². The highest BCUT2D eigenvalue weighted by Gasteiger charge is 2.18. The predicted octanol–water partition coefficient (Wildman–Crippen LogP) is 2.47. The summed E-state index contributed by atoms with van der Waals surface area (Å²) in [4.78, 5) is 12.0. The monoisotopic (exact) mass is 346 g/mol. The van der Waals surface area contributed by atoms with Crippen molar-refractivity contribution in [1.82, 2.24) is 5.32 Å². The number of aryl methyl sites for hydroxylation is 1. The summed E-state index contributed by atoms with van der Waals surface area (Å²) in [7, 11) is -3.43. The van der Waals surface area contributed by atoms with Crippen LogP contribution in [0, 0.1) is 6.92 Å². The average Bonchev–Trinajstić information content (AvgIpc) is 2.53. The quantitative estimate of drug-likeness (QED) is 0.837. The highest BCUT2D eigenvalue weighted by atomic mass is 32.2. The number of sulfonamides is 1. The third-order valence-corrected chi connectivity index (χ3v) is 4.75. The maximum Gasteiger partial charge on any atom is 0.232 e. The largest absolute Gasteiger partial charge is 0.352 e. The van der Waals surface area contributed by atoms with Gasteiger partial charge in [0.1, 0.15) is 0 Å². The summed E-state index contributed by atoms with van der Waals surface area (Å²) in [6.07, 6.45) is 1.25. The highest BCUT2D eigenvalue weighted by Crippen LogP contribution is 2.16. The van der Waals surface area contributed by atoms with Crippen molar-refractivity contribution in [3.05, 3.63) is 65.7 Å².